The average Bonchev–Trinajstić information content (AvgIpc) is 2.31. The molecule has 4 nitrogen and oxygen atoms in total. The summed E-state index contributed by atoms with van der Waals surface area (Å²) in [4.78, 5) is 12.1. The van der Waals surface area contributed by atoms with Gasteiger partial charge in [0, 0.05) is 5.69 Å². The lowest BCUT2D eigenvalue weighted by Gasteiger charge is -2.19. The molecule has 0 bridgehead atoms. The molecule has 1 unspecified atom stereocenters. The fourth-order valence-electron chi connectivity index (χ4n) is 1.89. The fraction of sp³-hybridized carbons (Fsp3) is 0.500. The first-order chi connectivity index (χ1) is 8.45. The first-order valence-electron chi connectivity index (χ1n) is 6.22. The number of carbonyl (C=O) groups is 1. The van der Waals surface area contributed by atoms with Crippen molar-refractivity contribution in [3.63, 3.8) is 0 Å². The van der Waals surface area contributed by atoms with Crippen LogP contribution in [0, 0.1) is 12.8 Å². The zero-order valence-corrected chi connectivity index (χ0v) is 11.2. The van der Waals surface area contributed by atoms with Crippen molar-refractivity contribution in [3.05, 3.63) is 29.3 Å². The lowest BCUT2D eigenvalue weighted by molar-refractivity contribution is 0.0909. The summed E-state index contributed by atoms with van der Waals surface area (Å²) >= 11 is 0. The fourth-order valence-corrected chi connectivity index (χ4v) is 1.89. The summed E-state index contributed by atoms with van der Waals surface area (Å²) in [6, 6.07) is 5.14. The quantitative estimate of drug-likeness (QED) is 0.696. The zero-order chi connectivity index (χ0) is 13.7. The van der Waals surface area contributed by atoms with Gasteiger partial charge in [0.05, 0.1) is 18.2 Å². The molecule has 0 aliphatic heterocycles. The van der Waals surface area contributed by atoms with E-state index in [1.807, 2.05) is 13.0 Å². The summed E-state index contributed by atoms with van der Waals surface area (Å²) in [6.45, 7) is 5.91. The van der Waals surface area contributed by atoms with Crippen LogP contribution in [0.5, 0.6) is 0 Å². The van der Waals surface area contributed by atoms with Crippen LogP contribution in [0.1, 0.15) is 36.2 Å². The highest BCUT2D eigenvalue weighted by atomic mass is 16.3. The Balaban J connectivity index is 2.78. The van der Waals surface area contributed by atoms with E-state index in [0.29, 0.717) is 17.2 Å². The summed E-state index contributed by atoms with van der Waals surface area (Å²) in [7, 11) is 0. The van der Waals surface area contributed by atoms with Gasteiger partial charge < -0.3 is 16.2 Å². The van der Waals surface area contributed by atoms with Gasteiger partial charge in [0.1, 0.15) is 0 Å². The average molecular weight is 250 g/mol. The monoisotopic (exact) mass is 250 g/mol. The summed E-state index contributed by atoms with van der Waals surface area (Å²) in [5.74, 6) is 0.188. The van der Waals surface area contributed by atoms with Gasteiger partial charge in [-0.05, 0) is 30.9 Å². The Morgan fingerprint density at radius 3 is 2.67 bits per heavy atom. The number of nitrogens with two attached hydrogens (primary N) is 1. The molecule has 1 aromatic carbocycles. The number of carbonyl (C=O) groups excluding carboxylic acids is 1. The molecule has 0 fully saturated rings. The van der Waals surface area contributed by atoms with Gasteiger partial charge in [0.15, 0.2) is 0 Å². The van der Waals surface area contributed by atoms with Crippen LogP contribution in [0.15, 0.2) is 18.2 Å². The van der Waals surface area contributed by atoms with Crippen LogP contribution in [0.25, 0.3) is 0 Å². The molecule has 0 heterocycles. The van der Waals surface area contributed by atoms with Gasteiger partial charge in [-0.25, -0.2) is 0 Å². The van der Waals surface area contributed by atoms with Crippen molar-refractivity contribution in [3.8, 4) is 0 Å². The number of para-hydroxylation sites is 1. The zero-order valence-electron chi connectivity index (χ0n) is 11.2. The second-order valence-electron chi connectivity index (χ2n) is 5.02. The molecule has 0 radical (unpaired) electrons. The third-order valence-corrected chi connectivity index (χ3v) is 2.88. The number of aliphatic hydroxyl groups is 1. The van der Waals surface area contributed by atoms with E-state index in [2.05, 4.69) is 19.2 Å². The van der Waals surface area contributed by atoms with E-state index in [9.17, 15) is 9.90 Å². The molecule has 0 spiro atoms. The van der Waals surface area contributed by atoms with Crippen LogP contribution in [0.2, 0.25) is 0 Å². The van der Waals surface area contributed by atoms with Gasteiger partial charge in [-0.3, -0.25) is 4.79 Å². The van der Waals surface area contributed by atoms with Crippen molar-refractivity contribution in [1.82, 2.24) is 5.32 Å². The second kappa shape index (κ2) is 6.40. The number of nitrogen functional groups attached to an aromatic ring is 1. The number of aryl methyl sites for hydroxylation is 1. The van der Waals surface area contributed by atoms with E-state index >= 15 is 0 Å². The van der Waals surface area contributed by atoms with E-state index in [1.54, 1.807) is 12.1 Å². The van der Waals surface area contributed by atoms with Gasteiger partial charge in [0.2, 0.25) is 0 Å². The molecule has 1 atom stereocenters. The number of nitrogens with one attached hydrogen (secondary N) is 1. The number of hydrogen-bond donors (Lipinski definition) is 3. The van der Waals surface area contributed by atoms with Crippen LogP contribution in [0.3, 0.4) is 0 Å². The standard InChI is InChI=1S/C14H22N2O2/c1-9(2)7-11(8-17)16-14(18)12-6-4-5-10(3)13(12)15/h4-6,9,11,17H,7-8,15H2,1-3H3,(H,16,18). The summed E-state index contributed by atoms with van der Waals surface area (Å²) in [5, 5.41) is 12.1. The number of anilines is 1. The SMILES string of the molecule is Cc1cccc(C(=O)NC(CO)CC(C)C)c1N. The van der Waals surface area contributed by atoms with Gasteiger partial charge in [-0.1, -0.05) is 26.0 Å². The number of hydrogen-bond acceptors (Lipinski definition) is 3. The molecule has 1 aromatic rings. The number of rotatable bonds is 5. The van der Waals surface area contributed by atoms with Gasteiger partial charge in [-0.15, -0.1) is 0 Å². The molecule has 4 N–H and O–H groups in total. The first-order valence-corrected chi connectivity index (χ1v) is 6.22. The smallest absolute Gasteiger partial charge is 0.253 e. The molecule has 1 rings (SSSR count). The topological polar surface area (TPSA) is 75.3 Å². The summed E-state index contributed by atoms with van der Waals surface area (Å²) in [6.07, 6.45) is 0.744. The first kappa shape index (κ1) is 14.5. The largest absolute Gasteiger partial charge is 0.398 e. The Morgan fingerprint density at radius 1 is 1.44 bits per heavy atom. The summed E-state index contributed by atoms with van der Waals surface area (Å²) in [5.41, 5.74) is 7.73. The predicted octanol–water partition coefficient (Wildman–Crippen LogP) is 1.71. The molecule has 100 valence electrons. The minimum Gasteiger partial charge on any atom is -0.398 e. The maximum Gasteiger partial charge on any atom is 0.253 e. The molecule has 0 aromatic heterocycles. The second-order valence-corrected chi connectivity index (χ2v) is 5.02. The Labute approximate surface area is 108 Å². The van der Waals surface area contributed by atoms with Crippen LogP contribution in [0.4, 0.5) is 5.69 Å². The van der Waals surface area contributed by atoms with Gasteiger partial charge >= 0.3 is 0 Å². The number of benzene rings is 1. The van der Waals surface area contributed by atoms with Crippen molar-refractivity contribution in [1.29, 1.82) is 0 Å². The van der Waals surface area contributed by atoms with E-state index in [1.165, 1.54) is 0 Å². The molecule has 18 heavy (non-hydrogen) atoms. The molecule has 4 heteroatoms. The predicted molar refractivity (Wildman–Crippen MR) is 73.4 cm³/mol. The third kappa shape index (κ3) is 3.74. The van der Waals surface area contributed by atoms with E-state index in [4.69, 9.17) is 5.73 Å². The highest BCUT2D eigenvalue weighted by Crippen LogP contribution is 2.16. The van der Waals surface area contributed by atoms with E-state index in [0.717, 1.165) is 12.0 Å². The number of amides is 1. The Morgan fingerprint density at radius 2 is 2.11 bits per heavy atom. The van der Waals surface area contributed by atoms with Crippen LogP contribution in [-0.2, 0) is 0 Å². The Hall–Kier alpha value is -1.55. The highest BCUT2D eigenvalue weighted by molar-refractivity contribution is 5.99. The molecule has 0 saturated carbocycles. The molecular weight excluding hydrogens is 228 g/mol. The highest BCUT2D eigenvalue weighted by Gasteiger charge is 2.16. The molecule has 0 aliphatic rings. The molecule has 0 aliphatic carbocycles. The van der Waals surface area contributed by atoms with Crippen molar-refractivity contribution in [2.24, 2.45) is 5.92 Å². The maximum atomic E-state index is 12.1. The third-order valence-electron chi connectivity index (χ3n) is 2.88. The lowest BCUT2D eigenvalue weighted by atomic mass is 10.0. The Bertz CT molecular complexity index is 416. The van der Waals surface area contributed by atoms with Gasteiger partial charge in [-0.2, -0.15) is 0 Å². The Kier molecular flexibility index (Phi) is 5.16. The van der Waals surface area contributed by atoms with Crippen molar-refractivity contribution < 1.29 is 9.90 Å². The lowest BCUT2D eigenvalue weighted by Crippen LogP contribution is -2.38. The number of aliphatic hydroxyl groups excluding tert-OH is 1. The van der Waals surface area contributed by atoms with E-state index < -0.39 is 0 Å². The van der Waals surface area contributed by atoms with Crippen molar-refractivity contribution >= 4 is 11.6 Å². The maximum absolute atomic E-state index is 12.1. The van der Waals surface area contributed by atoms with Crippen molar-refractivity contribution in [2.75, 3.05) is 12.3 Å². The molecule has 1 amide bonds. The van der Waals surface area contributed by atoms with Gasteiger partial charge in [0.25, 0.3) is 5.91 Å². The normalized spacial score (nSPS) is 12.5. The van der Waals surface area contributed by atoms with Crippen LogP contribution in [-0.4, -0.2) is 23.7 Å². The van der Waals surface area contributed by atoms with Crippen LogP contribution < -0.4 is 11.1 Å². The minimum atomic E-state index is -0.226. The van der Waals surface area contributed by atoms with Crippen molar-refractivity contribution in [2.45, 2.75) is 33.2 Å². The van der Waals surface area contributed by atoms with Crippen LogP contribution >= 0.6 is 0 Å². The molecular formula is C14H22N2O2. The molecule has 0 saturated heterocycles. The summed E-state index contributed by atoms with van der Waals surface area (Å²) < 4.78 is 0. The minimum absolute atomic E-state index is 0.0599. The van der Waals surface area contributed by atoms with E-state index in [-0.39, 0.29) is 18.6 Å².